The number of aromatic nitrogens is 3. The summed E-state index contributed by atoms with van der Waals surface area (Å²) in [6.45, 7) is 5.96. The fourth-order valence-electron chi connectivity index (χ4n) is 2.30. The van der Waals surface area contributed by atoms with Gasteiger partial charge in [0.05, 0.1) is 5.56 Å². The molecule has 0 aliphatic rings. The minimum absolute atomic E-state index is 0.428. The van der Waals surface area contributed by atoms with Crippen molar-refractivity contribution in [2.75, 3.05) is 5.73 Å². The van der Waals surface area contributed by atoms with Crippen LogP contribution in [0.1, 0.15) is 16.7 Å². The molecule has 5 nitrogen and oxygen atoms in total. The summed E-state index contributed by atoms with van der Waals surface area (Å²) in [6.07, 6.45) is 3.47. The highest BCUT2D eigenvalue weighted by molar-refractivity contribution is 5.75. The molecule has 0 saturated heterocycles. The zero-order valence-electron chi connectivity index (χ0n) is 12.2. The van der Waals surface area contributed by atoms with Gasteiger partial charge in [-0.15, -0.1) is 0 Å². The van der Waals surface area contributed by atoms with E-state index in [1.54, 1.807) is 12.4 Å². The first-order valence-electron chi connectivity index (χ1n) is 6.68. The molecule has 2 aromatic heterocycles. The highest BCUT2D eigenvalue weighted by Gasteiger charge is 2.15. The highest BCUT2D eigenvalue weighted by atomic mass is 16.5. The van der Waals surface area contributed by atoms with Gasteiger partial charge in [0.15, 0.2) is 0 Å². The maximum atomic E-state index is 6.12. The number of nitrogens with two attached hydrogens (primary N) is 1. The minimum Gasteiger partial charge on any atom is -0.398 e. The number of benzene rings is 1. The zero-order valence-corrected chi connectivity index (χ0v) is 12.2. The maximum absolute atomic E-state index is 6.12. The van der Waals surface area contributed by atoms with Crippen LogP contribution in [0, 0.1) is 20.8 Å². The van der Waals surface area contributed by atoms with Crippen molar-refractivity contribution >= 4 is 5.69 Å². The van der Waals surface area contributed by atoms with Crippen LogP contribution in [0.2, 0.25) is 0 Å². The Morgan fingerprint density at radius 1 is 1.05 bits per heavy atom. The fraction of sp³-hybridized carbons (Fsp3) is 0.188. The number of pyridine rings is 1. The summed E-state index contributed by atoms with van der Waals surface area (Å²) in [7, 11) is 0. The van der Waals surface area contributed by atoms with Crippen molar-refractivity contribution < 1.29 is 4.52 Å². The molecule has 106 valence electrons. The SMILES string of the molecule is Cc1cc(C)c(N)c(-c2nc(-c3cnccc3C)no2)c1. The Balaban J connectivity index is 2.09. The van der Waals surface area contributed by atoms with Gasteiger partial charge in [0.2, 0.25) is 5.82 Å². The van der Waals surface area contributed by atoms with Gasteiger partial charge in [-0.3, -0.25) is 4.98 Å². The molecule has 0 unspecified atom stereocenters. The van der Waals surface area contributed by atoms with Gasteiger partial charge in [-0.1, -0.05) is 11.2 Å². The van der Waals surface area contributed by atoms with Gasteiger partial charge in [0, 0.05) is 23.6 Å². The quantitative estimate of drug-likeness (QED) is 0.729. The van der Waals surface area contributed by atoms with Crippen molar-refractivity contribution in [1.29, 1.82) is 0 Å². The molecule has 1 aromatic carbocycles. The molecule has 0 spiro atoms. The summed E-state index contributed by atoms with van der Waals surface area (Å²) in [4.78, 5) is 8.56. The van der Waals surface area contributed by atoms with E-state index in [1.807, 2.05) is 39.0 Å². The minimum atomic E-state index is 0.428. The van der Waals surface area contributed by atoms with Crippen molar-refractivity contribution in [2.24, 2.45) is 0 Å². The molecule has 0 amide bonds. The molecule has 3 aromatic rings. The second-order valence-corrected chi connectivity index (χ2v) is 5.16. The van der Waals surface area contributed by atoms with E-state index in [0.717, 1.165) is 27.8 Å². The third kappa shape index (κ3) is 2.38. The molecule has 3 rings (SSSR count). The average Bonchev–Trinajstić information content (AvgIpc) is 2.92. The molecule has 0 radical (unpaired) electrons. The second kappa shape index (κ2) is 5.01. The molecule has 21 heavy (non-hydrogen) atoms. The summed E-state index contributed by atoms with van der Waals surface area (Å²) in [5.41, 5.74) is 11.6. The average molecular weight is 280 g/mol. The number of hydrogen-bond donors (Lipinski definition) is 1. The first-order valence-corrected chi connectivity index (χ1v) is 6.68. The first-order chi connectivity index (χ1) is 10.1. The lowest BCUT2D eigenvalue weighted by atomic mass is 10.0. The Bertz CT molecular complexity index is 808. The molecule has 2 N–H and O–H groups in total. The topological polar surface area (TPSA) is 77.8 Å². The van der Waals surface area contributed by atoms with E-state index in [-0.39, 0.29) is 0 Å². The lowest BCUT2D eigenvalue weighted by Crippen LogP contribution is -1.95. The summed E-state index contributed by atoms with van der Waals surface area (Å²) in [5, 5.41) is 4.04. The van der Waals surface area contributed by atoms with Gasteiger partial charge in [0.1, 0.15) is 0 Å². The molecular formula is C16H16N4O. The second-order valence-electron chi connectivity index (χ2n) is 5.16. The predicted molar refractivity (Wildman–Crippen MR) is 81.6 cm³/mol. The Kier molecular flexibility index (Phi) is 3.17. The predicted octanol–water partition coefficient (Wildman–Crippen LogP) is 3.31. The number of nitrogen functional groups attached to an aromatic ring is 1. The van der Waals surface area contributed by atoms with Crippen LogP contribution in [0.25, 0.3) is 22.8 Å². The smallest absolute Gasteiger partial charge is 0.260 e. The summed E-state index contributed by atoms with van der Waals surface area (Å²) < 4.78 is 5.38. The van der Waals surface area contributed by atoms with Crippen LogP contribution < -0.4 is 5.73 Å². The number of anilines is 1. The number of aryl methyl sites for hydroxylation is 3. The van der Waals surface area contributed by atoms with Crippen molar-refractivity contribution in [3.63, 3.8) is 0 Å². The molecule has 0 aliphatic carbocycles. The van der Waals surface area contributed by atoms with E-state index in [2.05, 4.69) is 15.1 Å². The van der Waals surface area contributed by atoms with Crippen LogP contribution in [-0.2, 0) is 0 Å². The van der Waals surface area contributed by atoms with Crippen molar-refractivity contribution in [1.82, 2.24) is 15.1 Å². The Morgan fingerprint density at radius 2 is 1.86 bits per heavy atom. The molecule has 2 heterocycles. The van der Waals surface area contributed by atoms with E-state index in [0.29, 0.717) is 17.4 Å². The zero-order chi connectivity index (χ0) is 15.0. The van der Waals surface area contributed by atoms with Gasteiger partial charge < -0.3 is 10.3 Å². The summed E-state index contributed by atoms with van der Waals surface area (Å²) >= 11 is 0. The number of rotatable bonds is 2. The van der Waals surface area contributed by atoms with E-state index in [1.165, 1.54) is 0 Å². The fourth-order valence-corrected chi connectivity index (χ4v) is 2.30. The van der Waals surface area contributed by atoms with Crippen molar-refractivity contribution in [3.8, 4) is 22.8 Å². The van der Waals surface area contributed by atoms with Crippen molar-refractivity contribution in [2.45, 2.75) is 20.8 Å². The van der Waals surface area contributed by atoms with Crippen LogP contribution in [0.15, 0.2) is 35.1 Å². The van der Waals surface area contributed by atoms with E-state index >= 15 is 0 Å². The van der Waals surface area contributed by atoms with Crippen LogP contribution in [-0.4, -0.2) is 15.1 Å². The van der Waals surface area contributed by atoms with Crippen LogP contribution >= 0.6 is 0 Å². The van der Waals surface area contributed by atoms with Crippen LogP contribution in [0.5, 0.6) is 0 Å². The summed E-state index contributed by atoms with van der Waals surface area (Å²) in [6, 6.07) is 5.90. The van der Waals surface area contributed by atoms with Crippen LogP contribution in [0.4, 0.5) is 5.69 Å². The molecule has 0 fully saturated rings. The Hall–Kier alpha value is -2.69. The summed E-state index contributed by atoms with van der Waals surface area (Å²) in [5.74, 6) is 0.951. The van der Waals surface area contributed by atoms with Gasteiger partial charge >= 0.3 is 0 Å². The third-order valence-corrected chi connectivity index (χ3v) is 3.47. The largest absolute Gasteiger partial charge is 0.398 e. The van der Waals surface area contributed by atoms with Gasteiger partial charge in [-0.25, -0.2) is 0 Å². The number of nitrogens with zero attached hydrogens (tertiary/aromatic N) is 3. The van der Waals surface area contributed by atoms with E-state index in [4.69, 9.17) is 10.3 Å². The molecule has 0 atom stereocenters. The lowest BCUT2D eigenvalue weighted by molar-refractivity contribution is 0.432. The Labute approximate surface area is 122 Å². The van der Waals surface area contributed by atoms with Crippen LogP contribution in [0.3, 0.4) is 0 Å². The highest BCUT2D eigenvalue weighted by Crippen LogP contribution is 2.30. The molecular weight excluding hydrogens is 264 g/mol. The molecule has 5 heteroatoms. The molecule has 0 saturated carbocycles. The van der Waals surface area contributed by atoms with Gasteiger partial charge in [-0.2, -0.15) is 4.98 Å². The lowest BCUT2D eigenvalue weighted by Gasteiger charge is -2.06. The normalized spacial score (nSPS) is 10.8. The maximum Gasteiger partial charge on any atom is 0.260 e. The first kappa shape index (κ1) is 13.3. The standard InChI is InChI=1S/C16H16N4O/c1-9-6-11(3)14(17)12(7-9)16-19-15(20-21-16)13-8-18-5-4-10(13)2/h4-8H,17H2,1-3H3. The number of hydrogen-bond acceptors (Lipinski definition) is 5. The third-order valence-electron chi connectivity index (χ3n) is 3.47. The monoisotopic (exact) mass is 280 g/mol. The molecule has 0 bridgehead atoms. The van der Waals surface area contributed by atoms with Gasteiger partial charge in [0.25, 0.3) is 5.89 Å². The Morgan fingerprint density at radius 3 is 2.62 bits per heavy atom. The van der Waals surface area contributed by atoms with Crippen molar-refractivity contribution in [3.05, 3.63) is 47.3 Å². The molecule has 0 aliphatic heterocycles. The van der Waals surface area contributed by atoms with E-state index < -0.39 is 0 Å². The van der Waals surface area contributed by atoms with E-state index in [9.17, 15) is 0 Å². The van der Waals surface area contributed by atoms with Gasteiger partial charge in [-0.05, 0) is 49.6 Å².